The van der Waals surface area contributed by atoms with E-state index in [1.807, 2.05) is 0 Å². The Morgan fingerprint density at radius 2 is 2.12 bits per heavy atom. The largest absolute Gasteiger partial charge is 0.339 e. The predicted octanol–water partition coefficient (Wildman–Crippen LogP) is 2.39. The second kappa shape index (κ2) is 4.53. The lowest BCUT2D eigenvalue weighted by Gasteiger charge is -2.17. The maximum absolute atomic E-state index is 6.27. The molecule has 1 aliphatic carbocycles. The summed E-state index contributed by atoms with van der Waals surface area (Å²) in [5, 5.41) is 4.05. The fourth-order valence-electron chi connectivity index (χ4n) is 2.21. The first-order chi connectivity index (χ1) is 7.64. The van der Waals surface area contributed by atoms with Crippen molar-refractivity contribution in [1.29, 1.82) is 0 Å². The summed E-state index contributed by atoms with van der Waals surface area (Å²) < 4.78 is 5.27. The Bertz CT molecular complexity index is 342. The summed E-state index contributed by atoms with van der Waals surface area (Å²) in [6, 6.07) is 0. The van der Waals surface area contributed by atoms with Crippen LogP contribution in [0.1, 0.15) is 57.7 Å². The Labute approximate surface area is 96.6 Å². The van der Waals surface area contributed by atoms with Crippen LogP contribution in [0.5, 0.6) is 0 Å². The molecule has 0 radical (unpaired) electrons. The van der Waals surface area contributed by atoms with E-state index >= 15 is 0 Å². The molecular formula is C12H21N3O. The lowest BCUT2D eigenvalue weighted by atomic mass is 9.98. The number of hydrogen-bond acceptors (Lipinski definition) is 4. The van der Waals surface area contributed by atoms with Gasteiger partial charge in [0.05, 0.1) is 5.54 Å². The topological polar surface area (TPSA) is 64.9 Å². The summed E-state index contributed by atoms with van der Waals surface area (Å²) in [7, 11) is 0. The molecule has 0 aliphatic heterocycles. The lowest BCUT2D eigenvalue weighted by Crippen LogP contribution is -2.34. The van der Waals surface area contributed by atoms with E-state index in [0.717, 1.165) is 31.6 Å². The summed E-state index contributed by atoms with van der Waals surface area (Å²) in [5.74, 6) is 2.04. The maximum atomic E-state index is 6.27. The van der Waals surface area contributed by atoms with Gasteiger partial charge in [-0.25, -0.2) is 0 Å². The molecule has 2 N–H and O–H groups in total. The zero-order valence-electron chi connectivity index (χ0n) is 10.2. The molecule has 1 aliphatic rings. The molecule has 1 heterocycles. The Morgan fingerprint density at radius 1 is 1.44 bits per heavy atom. The maximum Gasteiger partial charge on any atom is 0.226 e. The number of aromatic nitrogens is 2. The van der Waals surface area contributed by atoms with Crippen LogP contribution in [0.3, 0.4) is 0 Å². The van der Waals surface area contributed by atoms with E-state index in [0.29, 0.717) is 11.7 Å². The molecular weight excluding hydrogens is 202 g/mol. The molecule has 0 spiro atoms. The average Bonchev–Trinajstić information content (AvgIpc) is 2.88. The van der Waals surface area contributed by atoms with Crippen molar-refractivity contribution in [2.45, 2.75) is 57.9 Å². The molecule has 1 fully saturated rings. The highest BCUT2D eigenvalue weighted by Crippen LogP contribution is 2.34. The zero-order valence-corrected chi connectivity index (χ0v) is 10.2. The highest BCUT2D eigenvalue weighted by atomic mass is 16.5. The van der Waals surface area contributed by atoms with Gasteiger partial charge in [-0.1, -0.05) is 38.3 Å². The van der Waals surface area contributed by atoms with E-state index in [-0.39, 0.29) is 5.54 Å². The van der Waals surface area contributed by atoms with Crippen LogP contribution in [0.15, 0.2) is 4.52 Å². The highest BCUT2D eigenvalue weighted by Gasteiger charge is 2.35. The van der Waals surface area contributed by atoms with E-state index in [1.54, 1.807) is 0 Å². The van der Waals surface area contributed by atoms with Gasteiger partial charge in [-0.05, 0) is 18.8 Å². The monoisotopic (exact) mass is 223 g/mol. The molecule has 90 valence electrons. The van der Waals surface area contributed by atoms with Gasteiger partial charge >= 0.3 is 0 Å². The van der Waals surface area contributed by atoms with Gasteiger partial charge in [0.15, 0.2) is 5.82 Å². The molecule has 4 heteroatoms. The highest BCUT2D eigenvalue weighted by molar-refractivity contribution is 5.06. The second-order valence-electron chi connectivity index (χ2n) is 5.09. The molecule has 0 saturated heterocycles. The van der Waals surface area contributed by atoms with Crippen molar-refractivity contribution in [3.63, 3.8) is 0 Å². The third-order valence-corrected chi connectivity index (χ3v) is 3.63. The van der Waals surface area contributed by atoms with Gasteiger partial charge in [0.1, 0.15) is 0 Å². The molecule has 1 aromatic rings. The molecule has 2 rings (SSSR count). The second-order valence-corrected chi connectivity index (χ2v) is 5.09. The van der Waals surface area contributed by atoms with Crippen molar-refractivity contribution in [2.75, 3.05) is 0 Å². The fraction of sp³-hybridized carbons (Fsp3) is 0.833. The number of nitrogens with zero attached hydrogens (tertiary/aromatic N) is 2. The summed E-state index contributed by atoms with van der Waals surface area (Å²) in [6.07, 6.45) is 6.30. The Balaban J connectivity index is 2.07. The van der Waals surface area contributed by atoms with Crippen molar-refractivity contribution < 1.29 is 4.52 Å². The molecule has 16 heavy (non-hydrogen) atoms. The molecule has 4 nitrogen and oxygen atoms in total. The van der Waals surface area contributed by atoms with Crippen LogP contribution in [0.4, 0.5) is 0 Å². The van der Waals surface area contributed by atoms with Crippen molar-refractivity contribution in [1.82, 2.24) is 10.1 Å². The summed E-state index contributed by atoms with van der Waals surface area (Å²) >= 11 is 0. The van der Waals surface area contributed by atoms with Crippen LogP contribution in [-0.2, 0) is 12.0 Å². The molecule has 1 unspecified atom stereocenters. The summed E-state index contributed by atoms with van der Waals surface area (Å²) in [5.41, 5.74) is 5.95. The first-order valence-electron chi connectivity index (χ1n) is 6.26. The van der Waals surface area contributed by atoms with Crippen LogP contribution in [0.2, 0.25) is 0 Å². The average molecular weight is 223 g/mol. The molecule has 1 atom stereocenters. The van der Waals surface area contributed by atoms with Gasteiger partial charge in [0, 0.05) is 6.42 Å². The summed E-state index contributed by atoms with van der Waals surface area (Å²) in [4.78, 5) is 4.45. The van der Waals surface area contributed by atoms with Crippen LogP contribution in [0.25, 0.3) is 0 Å². The zero-order chi connectivity index (χ0) is 11.6. The van der Waals surface area contributed by atoms with Gasteiger partial charge in [-0.15, -0.1) is 0 Å². The minimum Gasteiger partial charge on any atom is -0.339 e. The number of rotatable bonds is 4. The normalized spacial score (nSPS) is 21.2. The molecule has 0 aromatic carbocycles. The Kier molecular flexibility index (Phi) is 3.28. The van der Waals surface area contributed by atoms with E-state index in [9.17, 15) is 0 Å². The molecule has 0 amide bonds. The van der Waals surface area contributed by atoms with Gasteiger partial charge in [-0.2, -0.15) is 4.98 Å². The van der Waals surface area contributed by atoms with Gasteiger partial charge in [0.25, 0.3) is 0 Å². The standard InChI is InChI=1S/C12H21N3O/c1-3-9(2)8-10-14-11(15-16-10)12(13)6-4-5-7-12/h9H,3-8,13H2,1-2H3. The van der Waals surface area contributed by atoms with Gasteiger partial charge < -0.3 is 10.3 Å². The van der Waals surface area contributed by atoms with Crippen LogP contribution in [0, 0.1) is 5.92 Å². The minimum atomic E-state index is -0.322. The quantitative estimate of drug-likeness (QED) is 0.851. The summed E-state index contributed by atoms with van der Waals surface area (Å²) in [6.45, 7) is 4.36. The van der Waals surface area contributed by atoms with E-state index in [1.165, 1.54) is 12.8 Å². The van der Waals surface area contributed by atoms with Crippen molar-refractivity contribution >= 4 is 0 Å². The Hall–Kier alpha value is -0.900. The minimum absolute atomic E-state index is 0.322. The number of nitrogens with two attached hydrogens (primary N) is 1. The van der Waals surface area contributed by atoms with Crippen molar-refractivity contribution in [2.24, 2.45) is 11.7 Å². The van der Waals surface area contributed by atoms with Crippen LogP contribution < -0.4 is 5.73 Å². The number of hydrogen-bond donors (Lipinski definition) is 1. The first kappa shape index (κ1) is 11.6. The van der Waals surface area contributed by atoms with Crippen LogP contribution in [-0.4, -0.2) is 10.1 Å². The molecule has 1 aromatic heterocycles. The first-order valence-corrected chi connectivity index (χ1v) is 6.26. The van der Waals surface area contributed by atoms with E-state index < -0.39 is 0 Å². The third kappa shape index (κ3) is 2.26. The molecule has 1 saturated carbocycles. The van der Waals surface area contributed by atoms with Crippen molar-refractivity contribution in [3.8, 4) is 0 Å². The van der Waals surface area contributed by atoms with Crippen molar-refractivity contribution in [3.05, 3.63) is 11.7 Å². The van der Waals surface area contributed by atoms with E-state index in [4.69, 9.17) is 10.3 Å². The SMILES string of the molecule is CCC(C)Cc1nc(C2(N)CCCC2)no1. The smallest absolute Gasteiger partial charge is 0.226 e. The van der Waals surface area contributed by atoms with E-state index in [2.05, 4.69) is 24.0 Å². The van der Waals surface area contributed by atoms with Crippen LogP contribution >= 0.6 is 0 Å². The Morgan fingerprint density at radius 3 is 2.75 bits per heavy atom. The third-order valence-electron chi connectivity index (χ3n) is 3.63. The van der Waals surface area contributed by atoms with Gasteiger partial charge in [-0.3, -0.25) is 0 Å². The fourth-order valence-corrected chi connectivity index (χ4v) is 2.21. The predicted molar refractivity (Wildman–Crippen MR) is 61.8 cm³/mol. The lowest BCUT2D eigenvalue weighted by molar-refractivity contribution is 0.336. The van der Waals surface area contributed by atoms with Gasteiger partial charge in [0.2, 0.25) is 5.89 Å². The molecule has 0 bridgehead atoms.